The standard InChI is InChI=1S/C80H149NO8/c1-6-8-10-12-14-16-18-20-22-24-26-28-30-31-32-33-34-35-36-37-38-39-40-41-42-43-44-45-46-47-49-51-53-55-57-59-61-63-65-67-69-71-78(83)89-76(75-88-80(79(84)85)86-73-72-81(3,4)5)74-87-77(82)70-68-66-64-62-60-58-56-54-52-50-48-29-27-25-23-21-19-17-15-13-11-9-7-2/h8,10,14,16,20,22,26,28,76,80H,6-7,9,11-13,15,17-19,21,23-25,27,29-75H2,1-5H3/p+1/b10-8-,16-14-,22-20-,28-26-. The van der Waals surface area contributed by atoms with Gasteiger partial charge in [0.05, 0.1) is 34.4 Å². The van der Waals surface area contributed by atoms with Crippen LogP contribution in [0.25, 0.3) is 0 Å². The van der Waals surface area contributed by atoms with E-state index in [9.17, 15) is 19.5 Å². The number of hydrogen-bond donors (Lipinski definition) is 1. The number of allylic oxidation sites excluding steroid dienone is 8. The summed E-state index contributed by atoms with van der Waals surface area (Å²) in [5.74, 6) is -1.97. The van der Waals surface area contributed by atoms with Crippen molar-refractivity contribution < 1.29 is 42.9 Å². The van der Waals surface area contributed by atoms with Crippen molar-refractivity contribution in [1.82, 2.24) is 0 Å². The summed E-state index contributed by atoms with van der Waals surface area (Å²) < 4.78 is 23.0. The van der Waals surface area contributed by atoms with Crippen LogP contribution in [0.5, 0.6) is 0 Å². The van der Waals surface area contributed by atoms with Gasteiger partial charge >= 0.3 is 17.9 Å². The minimum Gasteiger partial charge on any atom is -0.477 e. The van der Waals surface area contributed by atoms with Crippen molar-refractivity contribution >= 4 is 17.9 Å². The highest BCUT2D eigenvalue weighted by atomic mass is 16.7. The predicted molar refractivity (Wildman–Crippen MR) is 383 cm³/mol. The first-order valence-electron chi connectivity index (χ1n) is 38.8. The molecule has 0 saturated carbocycles. The molecule has 0 aliphatic carbocycles. The molecule has 2 unspecified atom stereocenters. The maximum atomic E-state index is 13.0. The SMILES string of the molecule is CC/C=C\C/C=C\C/C=C\C/C=C\CCCCCCCCCCCCCCCCCCCCCCCCCCCCCCC(=O)OC(COC(=O)CCCCCCCCCCCCCCCCCCCCCCCCC)COC(OCC[N+](C)(C)C)C(=O)O. The number of quaternary nitrogens is 1. The van der Waals surface area contributed by atoms with E-state index in [4.69, 9.17) is 18.9 Å². The fourth-order valence-corrected chi connectivity index (χ4v) is 11.7. The van der Waals surface area contributed by atoms with Gasteiger partial charge in [-0.3, -0.25) is 9.59 Å². The Morgan fingerprint density at radius 1 is 0.348 bits per heavy atom. The van der Waals surface area contributed by atoms with Crippen LogP contribution in [0.15, 0.2) is 48.6 Å². The Bertz CT molecular complexity index is 1600. The molecule has 0 aliphatic heterocycles. The molecule has 1 N–H and O–H groups in total. The fraction of sp³-hybridized carbons (Fsp3) is 0.863. The molecule has 0 aliphatic rings. The zero-order valence-electron chi connectivity index (χ0n) is 59.9. The van der Waals surface area contributed by atoms with E-state index >= 15 is 0 Å². The van der Waals surface area contributed by atoms with Gasteiger partial charge < -0.3 is 28.5 Å². The molecule has 0 aromatic carbocycles. The molecule has 0 aromatic heterocycles. The Labute approximate surface area is 553 Å². The molecule has 0 bridgehead atoms. The highest BCUT2D eigenvalue weighted by molar-refractivity contribution is 5.71. The second kappa shape index (κ2) is 71.1. The number of carboxylic acid groups (broad SMARTS) is 1. The summed E-state index contributed by atoms with van der Waals surface area (Å²) in [4.78, 5) is 37.7. The molecular weight excluding hydrogens is 1100 g/mol. The van der Waals surface area contributed by atoms with Gasteiger partial charge in [-0.25, -0.2) is 4.79 Å². The van der Waals surface area contributed by atoms with Gasteiger partial charge in [0.15, 0.2) is 6.10 Å². The Balaban J connectivity index is 3.93. The first kappa shape index (κ1) is 86.2. The van der Waals surface area contributed by atoms with Gasteiger partial charge in [-0.05, 0) is 51.4 Å². The zero-order chi connectivity index (χ0) is 64.7. The predicted octanol–water partition coefficient (Wildman–Crippen LogP) is 24.5. The third-order valence-electron chi connectivity index (χ3n) is 17.6. The van der Waals surface area contributed by atoms with E-state index in [0.717, 1.165) is 64.2 Å². The molecule has 0 radical (unpaired) electrons. The smallest absolute Gasteiger partial charge is 0.361 e. The monoisotopic (exact) mass is 1250 g/mol. The molecule has 2 atom stereocenters. The van der Waals surface area contributed by atoms with E-state index < -0.39 is 18.4 Å². The first-order chi connectivity index (χ1) is 43.6. The van der Waals surface area contributed by atoms with Crippen LogP contribution in [0, 0.1) is 0 Å². The molecule has 0 heterocycles. The van der Waals surface area contributed by atoms with Crippen molar-refractivity contribution in [3.05, 3.63) is 48.6 Å². The largest absolute Gasteiger partial charge is 0.477 e. The van der Waals surface area contributed by atoms with Crippen molar-refractivity contribution in [3.63, 3.8) is 0 Å². The number of nitrogens with zero attached hydrogens (tertiary/aromatic N) is 1. The van der Waals surface area contributed by atoms with Gasteiger partial charge in [-0.15, -0.1) is 0 Å². The summed E-state index contributed by atoms with van der Waals surface area (Å²) in [6.07, 6.45) is 89.8. The summed E-state index contributed by atoms with van der Waals surface area (Å²) in [5.41, 5.74) is 0. The van der Waals surface area contributed by atoms with Crippen LogP contribution in [0.2, 0.25) is 0 Å². The molecule has 0 aromatic rings. The summed E-state index contributed by atoms with van der Waals surface area (Å²) in [7, 11) is 6.00. The lowest BCUT2D eigenvalue weighted by atomic mass is 10.0. The average molecular weight is 1250 g/mol. The Kier molecular flexibility index (Phi) is 68.9. The fourth-order valence-electron chi connectivity index (χ4n) is 11.7. The van der Waals surface area contributed by atoms with E-state index in [-0.39, 0.29) is 38.2 Å². The second-order valence-electron chi connectivity index (χ2n) is 27.7. The van der Waals surface area contributed by atoms with Crippen LogP contribution in [-0.4, -0.2) is 87.4 Å². The number of rotatable bonds is 73. The van der Waals surface area contributed by atoms with Gasteiger partial charge in [0.1, 0.15) is 13.2 Å². The minimum absolute atomic E-state index is 0.174. The van der Waals surface area contributed by atoms with Crippen LogP contribution in [0.4, 0.5) is 0 Å². The molecular formula is C80H150NO8+. The molecule has 0 saturated heterocycles. The Morgan fingerprint density at radius 3 is 0.955 bits per heavy atom. The average Bonchev–Trinajstić information content (AvgIpc) is 3.64. The number of unbranched alkanes of at least 4 members (excludes halogenated alkanes) is 50. The maximum absolute atomic E-state index is 13.0. The molecule has 0 amide bonds. The number of carbonyl (C=O) groups is 3. The molecule has 0 rings (SSSR count). The lowest BCUT2D eigenvalue weighted by Crippen LogP contribution is -2.40. The molecule has 0 spiro atoms. The van der Waals surface area contributed by atoms with Crippen molar-refractivity contribution in [1.29, 1.82) is 0 Å². The van der Waals surface area contributed by atoms with E-state index in [1.165, 1.54) is 295 Å². The normalized spacial score (nSPS) is 12.9. The third kappa shape index (κ3) is 72.5. The number of carbonyl (C=O) groups excluding carboxylic acids is 2. The molecule has 9 nitrogen and oxygen atoms in total. The number of likely N-dealkylation sites (N-methyl/N-ethyl adjacent to an activating group) is 1. The summed E-state index contributed by atoms with van der Waals surface area (Å²) >= 11 is 0. The van der Waals surface area contributed by atoms with E-state index in [2.05, 4.69) is 62.5 Å². The number of esters is 2. The molecule has 9 heteroatoms. The number of aliphatic carboxylic acids is 1. The zero-order valence-corrected chi connectivity index (χ0v) is 59.9. The Hall–Kier alpha value is -2.75. The highest BCUT2D eigenvalue weighted by Gasteiger charge is 2.25. The van der Waals surface area contributed by atoms with E-state index in [1.807, 2.05) is 21.1 Å². The Morgan fingerprint density at radius 2 is 0.640 bits per heavy atom. The van der Waals surface area contributed by atoms with Crippen LogP contribution >= 0.6 is 0 Å². The van der Waals surface area contributed by atoms with Gasteiger partial charge in [-0.2, -0.15) is 0 Å². The summed E-state index contributed by atoms with van der Waals surface area (Å²) in [6, 6.07) is 0. The number of ether oxygens (including phenoxy) is 4. The number of hydrogen-bond acceptors (Lipinski definition) is 7. The second-order valence-corrected chi connectivity index (χ2v) is 27.7. The van der Waals surface area contributed by atoms with Gasteiger partial charge in [0, 0.05) is 12.8 Å². The quantitative estimate of drug-likeness (QED) is 0.0211. The number of carboxylic acids is 1. The lowest BCUT2D eigenvalue weighted by Gasteiger charge is -2.25. The minimum atomic E-state index is -1.51. The van der Waals surface area contributed by atoms with E-state index in [0.29, 0.717) is 17.4 Å². The molecule has 89 heavy (non-hydrogen) atoms. The summed E-state index contributed by atoms with van der Waals surface area (Å²) in [5, 5.41) is 9.76. The van der Waals surface area contributed by atoms with Crippen LogP contribution in [-0.2, 0) is 33.3 Å². The first-order valence-corrected chi connectivity index (χ1v) is 38.8. The van der Waals surface area contributed by atoms with Crippen molar-refractivity contribution in [2.45, 2.75) is 399 Å². The maximum Gasteiger partial charge on any atom is 0.361 e. The highest BCUT2D eigenvalue weighted by Crippen LogP contribution is 2.20. The van der Waals surface area contributed by atoms with Gasteiger partial charge in [-0.1, -0.05) is 371 Å². The molecule has 522 valence electrons. The van der Waals surface area contributed by atoms with Crippen LogP contribution in [0.3, 0.4) is 0 Å². The van der Waals surface area contributed by atoms with Crippen LogP contribution < -0.4 is 0 Å². The van der Waals surface area contributed by atoms with Crippen LogP contribution in [0.1, 0.15) is 386 Å². The summed E-state index contributed by atoms with van der Waals surface area (Å²) in [6.45, 7) is 4.84. The van der Waals surface area contributed by atoms with E-state index in [1.54, 1.807) is 0 Å². The van der Waals surface area contributed by atoms with Gasteiger partial charge in [0.2, 0.25) is 0 Å². The van der Waals surface area contributed by atoms with Crippen molar-refractivity contribution in [2.24, 2.45) is 0 Å². The molecule has 0 fully saturated rings. The van der Waals surface area contributed by atoms with Crippen molar-refractivity contribution in [2.75, 3.05) is 47.5 Å². The lowest BCUT2D eigenvalue weighted by molar-refractivity contribution is -0.870. The van der Waals surface area contributed by atoms with Gasteiger partial charge in [0.25, 0.3) is 6.29 Å². The van der Waals surface area contributed by atoms with Crippen molar-refractivity contribution in [3.8, 4) is 0 Å². The third-order valence-corrected chi connectivity index (χ3v) is 17.6. The topological polar surface area (TPSA) is 108 Å².